The van der Waals surface area contributed by atoms with Gasteiger partial charge in [-0.2, -0.15) is 0 Å². The summed E-state index contributed by atoms with van der Waals surface area (Å²) < 4.78 is 0. The predicted octanol–water partition coefficient (Wildman–Crippen LogP) is 3.35. The average Bonchev–Trinajstić information content (AvgIpc) is 2.18. The molecule has 1 aromatic rings. The Balaban J connectivity index is 2.75. The summed E-state index contributed by atoms with van der Waals surface area (Å²) >= 11 is 5.86. The molecule has 3 heteroatoms. The fourth-order valence-corrected chi connectivity index (χ4v) is 1.40. The van der Waals surface area contributed by atoms with Gasteiger partial charge in [0.05, 0.1) is 5.02 Å². The lowest BCUT2D eigenvalue weighted by Crippen LogP contribution is -2.06. The Hall–Kier alpha value is -0.890. The molecular formula is C11H14ClNO. The molecule has 0 bridgehead atoms. The summed E-state index contributed by atoms with van der Waals surface area (Å²) in [5.74, 6) is 0.512. The summed E-state index contributed by atoms with van der Waals surface area (Å²) in [5, 5.41) is 0.445. The molecule has 0 aliphatic carbocycles. The monoisotopic (exact) mass is 211 g/mol. The van der Waals surface area contributed by atoms with E-state index in [9.17, 15) is 4.79 Å². The molecule has 0 aromatic carbocycles. The molecular weight excluding hydrogens is 198 g/mol. The minimum absolute atomic E-state index is 0.103. The summed E-state index contributed by atoms with van der Waals surface area (Å²) in [6.07, 6.45) is 4.66. The van der Waals surface area contributed by atoms with Crippen molar-refractivity contribution in [2.45, 2.75) is 26.7 Å². The van der Waals surface area contributed by atoms with Gasteiger partial charge in [-0.3, -0.25) is 9.78 Å². The van der Waals surface area contributed by atoms with Crippen LogP contribution in [-0.2, 0) is 0 Å². The van der Waals surface area contributed by atoms with Crippen LogP contribution in [-0.4, -0.2) is 10.8 Å². The smallest absolute Gasteiger partial charge is 0.164 e. The van der Waals surface area contributed by atoms with Crippen molar-refractivity contribution in [2.75, 3.05) is 0 Å². The highest BCUT2D eigenvalue weighted by atomic mass is 35.5. The van der Waals surface area contributed by atoms with Crippen LogP contribution in [0.4, 0.5) is 0 Å². The van der Waals surface area contributed by atoms with Crippen molar-refractivity contribution in [2.24, 2.45) is 5.92 Å². The number of nitrogens with zero attached hydrogens (tertiary/aromatic N) is 1. The van der Waals surface area contributed by atoms with E-state index in [0.29, 0.717) is 22.9 Å². The number of pyridine rings is 1. The Morgan fingerprint density at radius 1 is 1.64 bits per heavy atom. The summed E-state index contributed by atoms with van der Waals surface area (Å²) in [4.78, 5) is 15.6. The van der Waals surface area contributed by atoms with E-state index in [1.807, 2.05) is 0 Å². The number of aromatic nitrogens is 1. The molecule has 0 radical (unpaired) electrons. The third-order valence-corrected chi connectivity index (χ3v) is 2.60. The molecule has 14 heavy (non-hydrogen) atoms. The number of halogens is 1. The molecule has 1 atom stereocenters. The van der Waals surface area contributed by atoms with Crippen LogP contribution in [0, 0.1) is 5.92 Å². The Morgan fingerprint density at radius 3 is 2.93 bits per heavy atom. The van der Waals surface area contributed by atoms with Crippen molar-refractivity contribution in [1.29, 1.82) is 0 Å². The van der Waals surface area contributed by atoms with Crippen molar-refractivity contribution < 1.29 is 4.79 Å². The van der Waals surface area contributed by atoms with Crippen LogP contribution in [0.2, 0.25) is 5.02 Å². The molecule has 0 saturated carbocycles. The number of carbonyl (C=O) groups excluding carboxylic acids is 1. The lowest BCUT2D eigenvalue weighted by molar-refractivity contribution is 0.0963. The van der Waals surface area contributed by atoms with Crippen LogP contribution < -0.4 is 0 Å². The van der Waals surface area contributed by atoms with Crippen molar-refractivity contribution in [3.63, 3.8) is 0 Å². The highest BCUT2D eigenvalue weighted by Crippen LogP contribution is 2.18. The van der Waals surface area contributed by atoms with Gasteiger partial charge < -0.3 is 0 Å². The van der Waals surface area contributed by atoms with Crippen LogP contribution in [0.15, 0.2) is 18.5 Å². The summed E-state index contributed by atoms with van der Waals surface area (Å²) in [5.41, 5.74) is 0.585. The Kier molecular flexibility index (Phi) is 4.08. The van der Waals surface area contributed by atoms with Gasteiger partial charge in [0.2, 0.25) is 0 Å². The number of hydrogen-bond donors (Lipinski definition) is 0. The van der Waals surface area contributed by atoms with Gasteiger partial charge in [-0.15, -0.1) is 0 Å². The molecule has 0 fully saturated rings. The van der Waals surface area contributed by atoms with Crippen LogP contribution in [0.25, 0.3) is 0 Å². The van der Waals surface area contributed by atoms with Gasteiger partial charge in [-0.25, -0.2) is 0 Å². The Bertz CT molecular complexity index is 325. The topological polar surface area (TPSA) is 30.0 Å². The molecule has 0 aliphatic rings. The molecule has 0 aliphatic heterocycles. The molecule has 76 valence electrons. The fourth-order valence-electron chi connectivity index (χ4n) is 1.17. The molecule has 0 spiro atoms. The first-order chi connectivity index (χ1) is 6.65. The van der Waals surface area contributed by atoms with Gasteiger partial charge in [-0.05, 0) is 12.0 Å². The van der Waals surface area contributed by atoms with Gasteiger partial charge in [-0.1, -0.05) is 31.9 Å². The molecule has 0 saturated heterocycles. The predicted molar refractivity (Wildman–Crippen MR) is 57.6 cm³/mol. The molecule has 0 amide bonds. The number of rotatable bonds is 4. The second-order valence-corrected chi connectivity index (χ2v) is 3.90. The molecule has 2 nitrogen and oxygen atoms in total. The maximum absolute atomic E-state index is 11.7. The zero-order valence-electron chi connectivity index (χ0n) is 8.46. The summed E-state index contributed by atoms with van der Waals surface area (Å²) in [6, 6.07) is 1.67. The van der Waals surface area contributed by atoms with E-state index in [-0.39, 0.29) is 5.78 Å². The Labute approximate surface area is 89.3 Å². The first kappa shape index (κ1) is 11.2. The van der Waals surface area contributed by atoms with Gasteiger partial charge in [0.1, 0.15) is 0 Å². The van der Waals surface area contributed by atoms with E-state index in [1.54, 1.807) is 12.3 Å². The first-order valence-corrected chi connectivity index (χ1v) is 5.15. The van der Waals surface area contributed by atoms with E-state index >= 15 is 0 Å². The maximum Gasteiger partial charge on any atom is 0.164 e. The first-order valence-electron chi connectivity index (χ1n) is 4.77. The summed E-state index contributed by atoms with van der Waals surface area (Å²) in [7, 11) is 0. The average molecular weight is 212 g/mol. The van der Waals surface area contributed by atoms with Gasteiger partial charge >= 0.3 is 0 Å². The van der Waals surface area contributed by atoms with Crippen LogP contribution in [0.3, 0.4) is 0 Å². The second kappa shape index (κ2) is 5.11. The quantitative estimate of drug-likeness (QED) is 0.715. The van der Waals surface area contributed by atoms with E-state index in [0.717, 1.165) is 6.42 Å². The van der Waals surface area contributed by atoms with E-state index in [2.05, 4.69) is 18.8 Å². The zero-order chi connectivity index (χ0) is 10.6. The number of hydrogen-bond acceptors (Lipinski definition) is 2. The Morgan fingerprint density at radius 2 is 2.36 bits per heavy atom. The van der Waals surface area contributed by atoms with Crippen molar-refractivity contribution in [3.05, 3.63) is 29.0 Å². The van der Waals surface area contributed by atoms with Crippen molar-refractivity contribution in [1.82, 2.24) is 4.98 Å². The molecule has 0 unspecified atom stereocenters. The van der Waals surface area contributed by atoms with Gasteiger partial charge in [0.15, 0.2) is 5.78 Å². The SMILES string of the molecule is CC[C@@H](C)CC(=O)c1ccncc1Cl. The molecule has 1 rings (SSSR count). The van der Waals surface area contributed by atoms with Crippen molar-refractivity contribution >= 4 is 17.4 Å². The number of ketones is 1. The zero-order valence-corrected chi connectivity index (χ0v) is 9.21. The maximum atomic E-state index is 11.7. The van der Waals surface area contributed by atoms with E-state index in [1.165, 1.54) is 6.20 Å². The molecule has 1 heterocycles. The third kappa shape index (κ3) is 2.81. The van der Waals surface area contributed by atoms with Crippen LogP contribution in [0.5, 0.6) is 0 Å². The largest absolute Gasteiger partial charge is 0.294 e. The number of carbonyl (C=O) groups is 1. The van der Waals surface area contributed by atoms with E-state index < -0.39 is 0 Å². The highest BCUT2D eigenvalue weighted by molar-refractivity contribution is 6.33. The van der Waals surface area contributed by atoms with E-state index in [4.69, 9.17) is 11.6 Å². The van der Waals surface area contributed by atoms with Gasteiger partial charge in [0, 0.05) is 24.4 Å². The lowest BCUT2D eigenvalue weighted by Gasteiger charge is -2.07. The van der Waals surface area contributed by atoms with Crippen molar-refractivity contribution in [3.8, 4) is 0 Å². The second-order valence-electron chi connectivity index (χ2n) is 3.50. The minimum atomic E-state index is 0.103. The normalized spacial score (nSPS) is 12.5. The van der Waals surface area contributed by atoms with Crippen LogP contribution in [0.1, 0.15) is 37.0 Å². The van der Waals surface area contributed by atoms with Gasteiger partial charge in [0.25, 0.3) is 0 Å². The molecule has 0 N–H and O–H groups in total. The third-order valence-electron chi connectivity index (χ3n) is 2.30. The highest BCUT2D eigenvalue weighted by Gasteiger charge is 2.12. The van der Waals surface area contributed by atoms with Crippen LogP contribution >= 0.6 is 11.6 Å². The lowest BCUT2D eigenvalue weighted by atomic mass is 9.98. The molecule has 1 aromatic heterocycles. The fraction of sp³-hybridized carbons (Fsp3) is 0.455. The number of Topliss-reactive ketones (excluding diaryl/α,β-unsaturated/α-hetero) is 1. The standard InChI is InChI=1S/C11H14ClNO/c1-3-8(2)6-11(14)9-4-5-13-7-10(9)12/h4-5,7-8H,3,6H2,1-2H3/t8-/m1/s1. The summed E-state index contributed by atoms with van der Waals surface area (Å²) in [6.45, 7) is 4.14. The minimum Gasteiger partial charge on any atom is -0.294 e.